The molecule has 0 aliphatic carbocycles. The van der Waals surface area contributed by atoms with Gasteiger partial charge in [-0.1, -0.05) is 4.10 Å². The van der Waals surface area contributed by atoms with Gasteiger partial charge in [0.25, 0.3) is 0 Å². The van der Waals surface area contributed by atoms with Gasteiger partial charge >= 0.3 is 7.90 Å². The van der Waals surface area contributed by atoms with Crippen LogP contribution in [0.25, 0.3) is 0 Å². The molecule has 2 aromatic rings. The van der Waals surface area contributed by atoms with Crippen LogP contribution in [0.1, 0.15) is 0 Å². The van der Waals surface area contributed by atoms with E-state index in [-0.39, 0.29) is 7.90 Å². The Labute approximate surface area is 43.2 Å². The largest absolute Gasteiger partial charge is 0.314 e. The first-order valence-electron chi connectivity index (χ1n) is 1.76. The Hall–Kier alpha value is 0.1000. The first-order chi connectivity index (χ1) is 3.47. The molecule has 3 atom stereocenters. The molecule has 2 rings (SSSR count). The maximum Gasteiger partial charge on any atom is 0.301 e. The molecule has 0 aliphatic rings. The molecule has 0 fully saturated rings. The Morgan fingerprint density at radius 3 is 3.29 bits per heavy atom. The number of nitrogens with zero attached hydrogens (tertiary/aromatic N) is 1. The highest BCUT2D eigenvalue weighted by Crippen LogP contribution is 2.31. The van der Waals surface area contributed by atoms with E-state index in [1.807, 2.05) is 4.10 Å². The van der Waals surface area contributed by atoms with Gasteiger partial charge in [0.15, 0.2) is 0 Å². The molecule has 0 aromatic carbocycles. The van der Waals surface area contributed by atoms with Gasteiger partial charge in [0, 0.05) is 8.51 Å². The van der Waals surface area contributed by atoms with E-state index in [0.717, 1.165) is 0 Å². The van der Waals surface area contributed by atoms with E-state index in [2.05, 4.69) is 9.02 Å². The highest BCUT2D eigenvalue weighted by molar-refractivity contribution is 7.50. The standard InChI is InChI=1S/H4N3OP3/c1-5-2-7-3(4-7)6-1/h1-2,5-6H. The molecular weight excluding hydrogens is 151 g/mol. The molecule has 7 heteroatoms. The van der Waals surface area contributed by atoms with Gasteiger partial charge in [-0.15, -0.1) is 0 Å². The number of H-pyrrole nitrogens is 2. The second-order valence-corrected chi connectivity index (χ2v) is 5.32. The Morgan fingerprint density at radius 2 is 2.71 bits per heavy atom. The number of aromatic amines is 2. The third-order valence-electron chi connectivity index (χ3n) is 0.661. The van der Waals surface area contributed by atoms with E-state index in [9.17, 15) is 0 Å². The number of hydrogen-bond acceptors (Lipinski definition) is 1. The van der Waals surface area contributed by atoms with Gasteiger partial charge in [-0.25, -0.2) is 0 Å². The van der Waals surface area contributed by atoms with Crippen LogP contribution in [-0.2, 0) is 0 Å². The SMILES string of the molecule is [nH]1[pH][nH]p2on2[pH]1. The summed E-state index contributed by atoms with van der Waals surface area (Å²) in [7, 11) is 1.11. The molecule has 7 heavy (non-hydrogen) atoms. The molecule has 0 amide bonds. The lowest BCUT2D eigenvalue weighted by Crippen LogP contribution is -1.48. The van der Waals surface area contributed by atoms with Crippen molar-refractivity contribution in [1.82, 2.24) is 13.1 Å². The summed E-state index contributed by atoms with van der Waals surface area (Å²) in [6.07, 6.45) is 0. The van der Waals surface area contributed by atoms with Crippen molar-refractivity contribution in [1.29, 1.82) is 0 Å². The molecule has 4 nitrogen and oxygen atoms in total. The van der Waals surface area contributed by atoms with Crippen molar-refractivity contribution in [2.75, 3.05) is 0 Å². The van der Waals surface area contributed by atoms with Gasteiger partial charge in [-0.2, -0.15) is 0 Å². The first-order valence-corrected chi connectivity index (χ1v) is 4.92. The Balaban J connectivity index is 2.92. The minimum Gasteiger partial charge on any atom is -0.314 e. The number of rotatable bonds is 0. The van der Waals surface area contributed by atoms with Crippen LogP contribution in [0.4, 0.5) is 0 Å². The fraction of sp³-hybridized carbons (Fsp3) is 0. The number of hydrogen-bond donors (Lipinski definition) is 2. The highest BCUT2D eigenvalue weighted by Gasteiger charge is 1.96. The predicted octanol–water partition coefficient (Wildman–Crippen LogP) is 1.66. The van der Waals surface area contributed by atoms with Crippen molar-refractivity contribution < 1.29 is 4.30 Å². The quantitative estimate of drug-likeness (QED) is 0.596. The van der Waals surface area contributed by atoms with E-state index in [1.165, 1.54) is 0 Å². The lowest BCUT2D eigenvalue weighted by molar-refractivity contribution is 0.606. The maximum atomic E-state index is 5.02. The highest BCUT2D eigenvalue weighted by atomic mass is 31.2. The summed E-state index contributed by atoms with van der Waals surface area (Å²) >= 11 is 0. The second kappa shape index (κ2) is 1.29. The fourth-order valence-corrected chi connectivity index (χ4v) is 4.46. The van der Waals surface area contributed by atoms with Crippen molar-refractivity contribution in [3.8, 4) is 0 Å². The summed E-state index contributed by atoms with van der Waals surface area (Å²) < 4.78 is 13.2. The lowest BCUT2D eigenvalue weighted by Gasteiger charge is -1.71. The molecule has 0 bridgehead atoms. The normalized spacial score (nSPS) is 15.7. The van der Waals surface area contributed by atoms with Gasteiger partial charge in [0.05, 0.1) is 8.51 Å². The van der Waals surface area contributed by atoms with E-state index < -0.39 is 0 Å². The van der Waals surface area contributed by atoms with Gasteiger partial charge in [-0.3, -0.25) is 4.51 Å². The molecule has 2 aromatic heterocycles. The average molecular weight is 155 g/mol. The van der Waals surface area contributed by atoms with E-state index in [1.54, 1.807) is 0 Å². The summed E-state index contributed by atoms with van der Waals surface area (Å²) in [5, 5.41) is 0. The van der Waals surface area contributed by atoms with Crippen LogP contribution in [0.5, 0.6) is 0 Å². The summed E-state index contributed by atoms with van der Waals surface area (Å²) in [5.41, 5.74) is 0. The third-order valence-corrected chi connectivity index (χ3v) is 4.69. The predicted molar refractivity (Wildman–Crippen MR) is 33.2 cm³/mol. The lowest BCUT2D eigenvalue weighted by atomic mass is 13.7. The van der Waals surface area contributed by atoms with Crippen molar-refractivity contribution in [3.05, 3.63) is 0 Å². The summed E-state index contributed by atoms with van der Waals surface area (Å²) in [4.78, 5) is 0. The van der Waals surface area contributed by atoms with Crippen molar-refractivity contribution in [3.63, 3.8) is 0 Å². The van der Waals surface area contributed by atoms with Crippen molar-refractivity contribution >= 4 is 24.9 Å². The van der Waals surface area contributed by atoms with E-state index in [4.69, 9.17) is 4.30 Å². The van der Waals surface area contributed by atoms with Crippen molar-refractivity contribution in [2.45, 2.75) is 0 Å². The van der Waals surface area contributed by atoms with Crippen LogP contribution in [0.2, 0.25) is 0 Å². The molecular formula is H4N3OP3. The van der Waals surface area contributed by atoms with Crippen LogP contribution in [0, 0.1) is 0 Å². The topological polar surface area (TPSA) is 49.1 Å². The number of fused-ring (bicyclic) bond motifs is 1. The number of nitrogens with one attached hydrogen (secondary N) is 2. The van der Waals surface area contributed by atoms with Gasteiger partial charge in [-0.05, 0) is 0 Å². The molecule has 0 aliphatic heterocycles. The fourth-order valence-electron chi connectivity index (χ4n) is 0.340. The molecule has 2 heterocycles. The van der Waals surface area contributed by atoms with Gasteiger partial charge < -0.3 is 8.81 Å². The first kappa shape index (κ1) is 4.03. The second-order valence-electron chi connectivity index (χ2n) is 1.10. The van der Waals surface area contributed by atoms with Gasteiger partial charge in [0.2, 0.25) is 0 Å². The van der Waals surface area contributed by atoms with E-state index >= 15 is 0 Å². The van der Waals surface area contributed by atoms with E-state index in [0.29, 0.717) is 17.0 Å². The Kier molecular flexibility index (Phi) is 0.741. The van der Waals surface area contributed by atoms with Crippen LogP contribution in [-0.4, -0.2) is 13.1 Å². The summed E-state index contributed by atoms with van der Waals surface area (Å²) in [5.74, 6) is 0. The van der Waals surface area contributed by atoms with Crippen LogP contribution in [0.15, 0.2) is 4.30 Å². The zero-order valence-electron chi connectivity index (χ0n) is 3.30. The van der Waals surface area contributed by atoms with Crippen LogP contribution in [0.3, 0.4) is 0 Å². The summed E-state index contributed by atoms with van der Waals surface area (Å²) in [6.45, 7) is 0. The molecule has 2 N–H and O–H groups in total. The Bertz CT molecular complexity index is 227. The van der Waals surface area contributed by atoms with Crippen LogP contribution < -0.4 is 0 Å². The smallest absolute Gasteiger partial charge is 0.301 e. The molecule has 0 spiro atoms. The molecule has 0 radical (unpaired) electrons. The van der Waals surface area contributed by atoms with Crippen molar-refractivity contribution in [2.24, 2.45) is 0 Å². The zero-order valence-corrected chi connectivity index (χ0v) is 6.20. The molecule has 0 saturated heterocycles. The maximum absolute atomic E-state index is 5.02. The average Bonchev–Trinajstić information content (AvgIpc) is 2.41. The third kappa shape index (κ3) is 0.598. The molecule has 0 saturated carbocycles. The van der Waals surface area contributed by atoms with Gasteiger partial charge in [0.1, 0.15) is 0 Å². The van der Waals surface area contributed by atoms with Crippen LogP contribution >= 0.6 is 24.9 Å². The molecule has 40 valence electrons. The summed E-state index contributed by atoms with van der Waals surface area (Å²) in [6, 6.07) is 0. The minimum absolute atomic E-state index is 0.279. The number of aromatic nitrogens is 3. The molecule has 3 unspecified atom stereocenters. The monoisotopic (exact) mass is 155 g/mol. The zero-order chi connectivity index (χ0) is 4.69. The Morgan fingerprint density at radius 1 is 1.71 bits per heavy atom. The minimum atomic E-state index is -0.279.